The van der Waals surface area contributed by atoms with Gasteiger partial charge >= 0.3 is 12.3 Å². The minimum atomic E-state index is -4.52. The molecule has 2 amide bonds. The lowest BCUT2D eigenvalue weighted by Gasteiger charge is -2.30. The minimum absolute atomic E-state index is 0.150. The average Bonchev–Trinajstić information content (AvgIpc) is 3.76. The number of carbonyl (C=O) groups excluding carboxylic acids is 2. The van der Waals surface area contributed by atoms with Gasteiger partial charge in [-0.1, -0.05) is 24.3 Å². The van der Waals surface area contributed by atoms with Gasteiger partial charge < -0.3 is 31.2 Å². The molecule has 1 aromatic heterocycles. The van der Waals surface area contributed by atoms with Gasteiger partial charge in [-0.3, -0.25) is 9.78 Å². The number of nitrogens with zero attached hydrogens (tertiary/aromatic N) is 1. The number of benzene rings is 1. The summed E-state index contributed by atoms with van der Waals surface area (Å²) in [5.41, 5.74) is 9.01. The second-order valence-electron chi connectivity index (χ2n) is 10.1. The highest BCUT2D eigenvalue weighted by molar-refractivity contribution is 5.95. The molecule has 218 valence electrons. The first-order chi connectivity index (χ1) is 19.1. The Morgan fingerprint density at radius 3 is 2.70 bits per heavy atom. The number of nitrogens with two attached hydrogens (primary N) is 1. The molecule has 0 unspecified atom stereocenters. The summed E-state index contributed by atoms with van der Waals surface area (Å²) < 4.78 is 61.7. The lowest BCUT2D eigenvalue weighted by Crippen LogP contribution is -2.49. The molecule has 1 saturated carbocycles. The van der Waals surface area contributed by atoms with Crippen molar-refractivity contribution in [2.24, 2.45) is 5.73 Å². The lowest BCUT2D eigenvalue weighted by molar-refractivity contribution is -0.124. The fraction of sp³-hybridized carbons (Fsp3) is 0.519. The molecule has 1 aliphatic heterocycles. The maximum Gasteiger partial charge on any atom is 0.407 e. The van der Waals surface area contributed by atoms with Gasteiger partial charge in [0, 0.05) is 12.1 Å². The van der Waals surface area contributed by atoms with Crippen LogP contribution in [0.2, 0.25) is 0 Å². The maximum absolute atomic E-state index is 14.7. The number of alkyl halides is 3. The number of pyridine rings is 1. The van der Waals surface area contributed by atoms with Crippen LogP contribution in [-0.4, -0.2) is 67.7 Å². The molecule has 9 nitrogen and oxygen atoms in total. The lowest BCUT2D eigenvalue weighted by atomic mass is 9.97. The number of hydrogen-bond acceptors (Lipinski definition) is 7. The summed E-state index contributed by atoms with van der Waals surface area (Å²) in [7, 11) is 0. The van der Waals surface area contributed by atoms with E-state index in [9.17, 15) is 27.2 Å². The van der Waals surface area contributed by atoms with Crippen LogP contribution in [0.5, 0.6) is 0 Å². The van der Waals surface area contributed by atoms with Crippen molar-refractivity contribution < 1.29 is 36.6 Å². The van der Waals surface area contributed by atoms with Gasteiger partial charge in [-0.15, -0.1) is 0 Å². The predicted octanol–water partition coefficient (Wildman–Crippen LogP) is 3.18. The van der Waals surface area contributed by atoms with E-state index in [1.165, 1.54) is 11.8 Å². The third-order valence-electron chi connectivity index (χ3n) is 6.84. The van der Waals surface area contributed by atoms with Crippen molar-refractivity contribution in [3.63, 3.8) is 0 Å². The number of alkyl carbamates (subject to hydrolysis) is 1. The van der Waals surface area contributed by atoms with Gasteiger partial charge in [-0.25, -0.2) is 9.18 Å². The zero-order chi connectivity index (χ0) is 28.7. The second-order valence-corrected chi connectivity index (χ2v) is 10.1. The van der Waals surface area contributed by atoms with Gasteiger partial charge in [0.2, 0.25) is 5.91 Å². The molecule has 1 aliphatic carbocycles. The number of halogens is 4. The molecule has 0 bridgehead atoms. The molecule has 2 aliphatic rings. The number of nitrogens with one attached hydrogen (secondary N) is 3. The maximum atomic E-state index is 14.7. The summed E-state index contributed by atoms with van der Waals surface area (Å²) >= 11 is 0. The van der Waals surface area contributed by atoms with Crippen molar-refractivity contribution >= 4 is 17.7 Å². The van der Waals surface area contributed by atoms with Crippen molar-refractivity contribution in [3.05, 3.63) is 59.2 Å². The topological polar surface area (TPSA) is 128 Å². The fourth-order valence-corrected chi connectivity index (χ4v) is 4.56. The van der Waals surface area contributed by atoms with Crippen LogP contribution in [0, 0.1) is 5.82 Å². The first-order valence-electron chi connectivity index (χ1n) is 13.2. The highest BCUT2D eigenvalue weighted by atomic mass is 19.4. The Labute approximate surface area is 229 Å². The third kappa shape index (κ3) is 8.86. The Morgan fingerprint density at radius 1 is 1.23 bits per heavy atom. The Morgan fingerprint density at radius 2 is 2.00 bits per heavy atom. The molecule has 40 heavy (non-hydrogen) atoms. The van der Waals surface area contributed by atoms with E-state index in [1.54, 1.807) is 5.32 Å². The molecule has 3 atom stereocenters. The Bertz CT molecular complexity index is 1170. The van der Waals surface area contributed by atoms with Crippen LogP contribution in [0.1, 0.15) is 41.9 Å². The van der Waals surface area contributed by atoms with Crippen molar-refractivity contribution in [1.82, 2.24) is 15.6 Å². The van der Waals surface area contributed by atoms with E-state index < -0.39 is 42.6 Å². The van der Waals surface area contributed by atoms with E-state index >= 15 is 0 Å². The highest BCUT2D eigenvalue weighted by Gasteiger charge is 2.29. The molecular formula is C27H33F4N5O4. The summed E-state index contributed by atoms with van der Waals surface area (Å²) in [6.07, 6.45) is -0.234. The Hall–Kier alpha value is -3.29. The van der Waals surface area contributed by atoms with Gasteiger partial charge in [0.1, 0.15) is 19.0 Å². The third-order valence-corrected chi connectivity index (χ3v) is 6.84. The van der Waals surface area contributed by atoms with Gasteiger partial charge in [-0.2, -0.15) is 13.2 Å². The first kappa shape index (κ1) is 29.7. The van der Waals surface area contributed by atoms with Crippen molar-refractivity contribution in [2.45, 2.75) is 62.4 Å². The van der Waals surface area contributed by atoms with Crippen molar-refractivity contribution in [3.8, 4) is 0 Å². The molecule has 4 rings (SSSR count). The van der Waals surface area contributed by atoms with Crippen molar-refractivity contribution in [1.29, 1.82) is 0 Å². The normalized spacial score (nSPS) is 20.0. The molecule has 5 N–H and O–H groups in total. The van der Waals surface area contributed by atoms with E-state index in [4.69, 9.17) is 15.2 Å². The van der Waals surface area contributed by atoms with E-state index in [0.29, 0.717) is 25.3 Å². The van der Waals surface area contributed by atoms with Crippen LogP contribution in [-0.2, 0) is 27.1 Å². The number of carbonyl (C=O) groups is 2. The molecule has 2 heterocycles. The Kier molecular flexibility index (Phi) is 9.93. The van der Waals surface area contributed by atoms with Crippen LogP contribution < -0.4 is 21.7 Å². The zero-order valence-electron chi connectivity index (χ0n) is 21.8. The summed E-state index contributed by atoms with van der Waals surface area (Å²) in [6, 6.07) is 6.73. The number of hydrogen-bond donors (Lipinski definition) is 4. The van der Waals surface area contributed by atoms with Gasteiger partial charge in [-0.05, 0) is 49.1 Å². The molecule has 2 aromatic rings. The van der Waals surface area contributed by atoms with E-state index in [2.05, 4.69) is 21.7 Å². The standard InChI is InChI=1S/C27H33F4N5O4/c28-22-11-33-12-24(36-25(37)23(32)9-17-3-1-2-4-20(17)16-5-6-16)21(22)8-7-19-10-34-18(13-39-19)14-40-26(38)35-15-27(29,30)31/h1-4,11-12,16,18-19,23,34H,5-10,13-15,32H2,(H,35,38)(H,36,37)/t18-,19+,23-/m0/s1. The van der Waals surface area contributed by atoms with Crippen LogP contribution >= 0.6 is 0 Å². The minimum Gasteiger partial charge on any atom is -0.448 e. The van der Waals surface area contributed by atoms with Crippen LogP contribution in [0.15, 0.2) is 36.7 Å². The number of morpholine rings is 1. The quantitative estimate of drug-likeness (QED) is 0.307. The second kappa shape index (κ2) is 13.4. The highest BCUT2D eigenvalue weighted by Crippen LogP contribution is 2.41. The summed E-state index contributed by atoms with van der Waals surface area (Å²) in [4.78, 5) is 28.2. The molecule has 13 heteroatoms. The fourth-order valence-electron chi connectivity index (χ4n) is 4.56. The summed E-state index contributed by atoms with van der Waals surface area (Å²) in [5, 5.41) is 7.46. The van der Waals surface area contributed by atoms with Crippen LogP contribution in [0.25, 0.3) is 0 Å². The summed E-state index contributed by atoms with van der Waals surface area (Å²) in [5.74, 6) is -0.477. The number of rotatable bonds is 11. The molecule has 2 fully saturated rings. The van der Waals surface area contributed by atoms with Crippen LogP contribution in [0.3, 0.4) is 0 Å². The van der Waals surface area contributed by atoms with E-state index in [1.807, 2.05) is 18.2 Å². The predicted molar refractivity (Wildman–Crippen MR) is 138 cm³/mol. The molecule has 0 radical (unpaired) electrons. The number of ether oxygens (including phenoxy) is 2. The van der Waals surface area contributed by atoms with E-state index in [0.717, 1.165) is 24.6 Å². The van der Waals surface area contributed by atoms with Crippen molar-refractivity contribution in [2.75, 3.05) is 31.6 Å². The smallest absolute Gasteiger partial charge is 0.407 e. The SMILES string of the molecule is N[C@@H](Cc1ccccc1C1CC1)C(=O)Nc1cncc(F)c1CC[C@@H]1CN[C@H](COC(=O)NCC(F)(F)F)CO1. The molecular weight excluding hydrogens is 534 g/mol. The Balaban J connectivity index is 1.24. The zero-order valence-corrected chi connectivity index (χ0v) is 21.8. The summed E-state index contributed by atoms with van der Waals surface area (Å²) in [6.45, 7) is -1.14. The number of anilines is 1. The average molecular weight is 568 g/mol. The number of amides is 2. The molecule has 1 aromatic carbocycles. The number of aromatic nitrogens is 1. The first-order valence-corrected chi connectivity index (χ1v) is 13.2. The van der Waals surface area contributed by atoms with Gasteiger partial charge in [0.05, 0.1) is 42.9 Å². The monoisotopic (exact) mass is 567 g/mol. The van der Waals surface area contributed by atoms with Crippen LogP contribution in [0.4, 0.5) is 28.0 Å². The largest absolute Gasteiger partial charge is 0.448 e. The molecule has 1 saturated heterocycles. The van der Waals surface area contributed by atoms with Gasteiger partial charge in [0.15, 0.2) is 0 Å². The van der Waals surface area contributed by atoms with Gasteiger partial charge in [0.25, 0.3) is 0 Å². The molecule has 0 spiro atoms. The van der Waals surface area contributed by atoms with E-state index in [-0.39, 0.29) is 37.0 Å².